The van der Waals surface area contributed by atoms with E-state index in [-0.39, 0.29) is 11.9 Å². The Balaban J connectivity index is 1.39. The molecule has 2 aliphatic rings. The molecule has 0 spiro atoms. The van der Waals surface area contributed by atoms with Gasteiger partial charge in [-0.3, -0.25) is 5.01 Å². The zero-order valence-corrected chi connectivity index (χ0v) is 19.2. The molecule has 1 saturated heterocycles. The molecule has 3 heterocycles. The molecule has 0 bridgehead atoms. The third-order valence-corrected chi connectivity index (χ3v) is 6.36. The Morgan fingerprint density at radius 3 is 2.70 bits per heavy atom. The highest BCUT2D eigenvalue weighted by Crippen LogP contribution is 2.33. The number of aliphatic imine (C=N–C) groups is 1. The molecule has 7 heteroatoms. The smallest absolute Gasteiger partial charge is 0.143 e. The number of hydrogen-bond donors (Lipinski definition) is 0. The first-order valence-corrected chi connectivity index (χ1v) is 11.3. The summed E-state index contributed by atoms with van der Waals surface area (Å²) < 4.78 is 21.0. The third-order valence-electron chi connectivity index (χ3n) is 6.36. The van der Waals surface area contributed by atoms with Crippen LogP contribution < -0.4 is 4.74 Å². The van der Waals surface area contributed by atoms with Crippen LogP contribution in [-0.2, 0) is 0 Å². The zero-order valence-electron chi connectivity index (χ0n) is 19.2. The largest absolute Gasteiger partial charge is 0.495 e. The van der Waals surface area contributed by atoms with Crippen LogP contribution in [0, 0.1) is 12.7 Å². The number of ether oxygens (including phenoxy) is 1. The van der Waals surface area contributed by atoms with Gasteiger partial charge in [0.2, 0.25) is 0 Å². The van der Waals surface area contributed by atoms with Gasteiger partial charge in [0.25, 0.3) is 0 Å². The average molecular weight is 446 g/mol. The predicted octanol–water partition coefficient (Wildman–Crippen LogP) is 5.16. The molecule has 0 N–H and O–H groups in total. The van der Waals surface area contributed by atoms with Crippen LogP contribution in [0.5, 0.6) is 5.75 Å². The Hall–Kier alpha value is -3.45. The molecule has 6 nitrogen and oxygen atoms in total. The van der Waals surface area contributed by atoms with Gasteiger partial charge >= 0.3 is 0 Å². The molecule has 2 aliphatic heterocycles. The number of hydrazine groups is 1. The van der Waals surface area contributed by atoms with Crippen molar-refractivity contribution < 1.29 is 9.13 Å². The van der Waals surface area contributed by atoms with Gasteiger partial charge in [0.15, 0.2) is 0 Å². The Kier molecular flexibility index (Phi) is 5.72. The topological polar surface area (TPSA) is 45.9 Å². The molecule has 5 rings (SSSR count). The Labute approximate surface area is 193 Å². The number of piperidine rings is 1. The van der Waals surface area contributed by atoms with E-state index < -0.39 is 0 Å². The monoisotopic (exact) mass is 445 g/mol. The van der Waals surface area contributed by atoms with Crippen LogP contribution in [0.4, 0.5) is 4.39 Å². The molecule has 0 aliphatic carbocycles. The molecular weight excluding hydrogens is 417 g/mol. The van der Waals surface area contributed by atoms with E-state index in [2.05, 4.69) is 46.2 Å². The summed E-state index contributed by atoms with van der Waals surface area (Å²) in [6.07, 6.45) is 8.04. The second-order valence-electron chi connectivity index (χ2n) is 8.54. The van der Waals surface area contributed by atoms with Gasteiger partial charge in [0, 0.05) is 12.7 Å². The van der Waals surface area contributed by atoms with Gasteiger partial charge in [-0.2, -0.15) is 5.01 Å². The maximum atomic E-state index is 13.4. The lowest BCUT2D eigenvalue weighted by Gasteiger charge is -2.38. The van der Waals surface area contributed by atoms with E-state index in [9.17, 15) is 4.39 Å². The number of hydrogen-bond acceptors (Lipinski definition) is 5. The zero-order chi connectivity index (χ0) is 22.9. The summed E-state index contributed by atoms with van der Waals surface area (Å²) >= 11 is 0. The first kappa shape index (κ1) is 21.4. The van der Waals surface area contributed by atoms with Crippen molar-refractivity contribution in [1.82, 2.24) is 19.6 Å². The number of aromatic nitrogens is 2. The van der Waals surface area contributed by atoms with Gasteiger partial charge < -0.3 is 9.30 Å². The van der Waals surface area contributed by atoms with Crippen LogP contribution in [0.3, 0.4) is 0 Å². The highest BCUT2D eigenvalue weighted by Gasteiger charge is 2.34. The number of nitrogens with zero attached hydrogens (tertiary/aromatic N) is 5. The Bertz CT molecular complexity index is 1210. The quantitative estimate of drug-likeness (QED) is 0.545. The number of imidazole rings is 1. The third kappa shape index (κ3) is 4.16. The fourth-order valence-electron chi connectivity index (χ4n) is 4.58. The van der Waals surface area contributed by atoms with Crippen molar-refractivity contribution in [3.8, 4) is 11.4 Å². The maximum Gasteiger partial charge on any atom is 0.143 e. The van der Waals surface area contributed by atoms with Crippen molar-refractivity contribution in [2.45, 2.75) is 32.7 Å². The molecule has 3 aromatic rings. The standard InChI is InChI=1S/C26H28FN5O/c1-18-15-30(16-28-18)24-11-6-20(14-25(24)33-3)13-22-5-4-12-31-26(22)29-17-32(31)19(2)21-7-9-23(27)10-8-21/h6-11,13-16,19H,4-5,12,17H2,1-3H3/b22-13+/t19-/m0/s1. The molecule has 33 heavy (non-hydrogen) atoms. The van der Waals surface area contributed by atoms with E-state index in [1.165, 1.54) is 17.7 Å². The molecule has 2 aromatic carbocycles. The summed E-state index contributed by atoms with van der Waals surface area (Å²) in [7, 11) is 1.69. The van der Waals surface area contributed by atoms with Crippen LogP contribution in [0.1, 0.15) is 42.6 Å². The van der Waals surface area contributed by atoms with E-state index in [0.717, 1.165) is 53.5 Å². The molecule has 0 unspecified atom stereocenters. The summed E-state index contributed by atoms with van der Waals surface area (Å²) in [5, 5.41) is 4.55. The maximum absolute atomic E-state index is 13.4. The van der Waals surface area contributed by atoms with Gasteiger partial charge in [0.05, 0.1) is 30.9 Å². The minimum atomic E-state index is -0.211. The first-order chi connectivity index (χ1) is 16.0. The second kappa shape index (κ2) is 8.83. The highest BCUT2D eigenvalue weighted by molar-refractivity contribution is 6.03. The van der Waals surface area contributed by atoms with Crippen LogP contribution in [0.2, 0.25) is 0 Å². The lowest BCUT2D eigenvalue weighted by molar-refractivity contribution is 0.0233. The van der Waals surface area contributed by atoms with Crippen LogP contribution in [0.25, 0.3) is 11.8 Å². The van der Waals surface area contributed by atoms with Crippen LogP contribution in [0.15, 0.2) is 65.6 Å². The number of methoxy groups -OCH3 is 1. The van der Waals surface area contributed by atoms with Gasteiger partial charge in [-0.25, -0.2) is 14.4 Å². The number of benzene rings is 2. The van der Waals surface area contributed by atoms with E-state index in [1.807, 2.05) is 29.8 Å². The fourth-order valence-corrected chi connectivity index (χ4v) is 4.58. The number of fused-ring (bicyclic) bond motifs is 1. The van der Waals surface area contributed by atoms with Crippen LogP contribution in [-0.4, -0.2) is 45.7 Å². The lowest BCUT2D eigenvalue weighted by Crippen LogP contribution is -2.45. The molecule has 0 radical (unpaired) electrons. The van der Waals surface area contributed by atoms with Gasteiger partial charge in [-0.15, -0.1) is 0 Å². The molecule has 170 valence electrons. The van der Waals surface area contributed by atoms with Gasteiger partial charge in [-0.1, -0.05) is 18.2 Å². The number of rotatable bonds is 5. The minimum Gasteiger partial charge on any atom is -0.495 e. The summed E-state index contributed by atoms with van der Waals surface area (Å²) in [6.45, 7) is 5.65. The van der Waals surface area contributed by atoms with Crippen molar-refractivity contribution in [3.05, 3.63) is 83.2 Å². The predicted molar refractivity (Wildman–Crippen MR) is 128 cm³/mol. The van der Waals surface area contributed by atoms with Crippen molar-refractivity contribution >= 4 is 11.9 Å². The lowest BCUT2D eigenvalue weighted by atomic mass is 10.0. The van der Waals surface area contributed by atoms with Gasteiger partial charge in [0.1, 0.15) is 24.1 Å². The molecule has 1 aromatic heterocycles. The number of aryl methyl sites for hydroxylation is 1. The molecule has 1 atom stereocenters. The summed E-state index contributed by atoms with van der Waals surface area (Å²) in [6, 6.07) is 13.1. The first-order valence-electron chi connectivity index (χ1n) is 11.3. The second-order valence-corrected chi connectivity index (χ2v) is 8.54. The number of halogens is 1. The van der Waals surface area contributed by atoms with Crippen molar-refractivity contribution in [1.29, 1.82) is 0 Å². The number of amidine groups is 1. The molecular formula is C26H28FN5O. The van der Waals surface area contributed by atoms with Crippen LogP contribution >= 0.6 is 0 Å². The SMILES string of the molecule is COc1cc(/C=C2\CCCN3C2=NCN3[C@@H](C)c2ccc(F)cc2)ccc1-n1cnc(C)c1. The average Bonchev–Trinajstić information content (AvgIpc) is 3.46. The minimum absolute atomic E-state index is 0.115. The summed E-state index contributed by atoms with van der Waals surface area (Å²) in [5.41, 5.74) is 5.31. The Morgan fingerprint density at radius 2 is 1.97 bits per heavy atom. The molecule has 1 fully saturated rings. The van der Waals surface area contributed by atoms with Crippen molar-refractivity contribution in [3.63, 3.8) is 0 Å². The molecule has 0 saturated carbocycles. The van der Waals surface area contributed by atoms with E-state index in [1.54, 1.807) is 13.4 Å². The molecule has 0 amide bonds. The van der Waals surface area contributed by atoms with E-state index >= 15 is 0 Å². The highest BCUT2D eigenvalue weighted by atomic mass is 19.1. The van der Waals surface area contributed by atoms with Crippen molar-refractivity contribution in [2.75, 3.05) is 20.3 Å². The van der Waals surface area contributed by atoms with E-state index in [0.29, 0.717) is 6.67 Å². The van der Waals surface area contributed by atoms with Crippen molar-refractivity contribution in [2.24, 2.45) is 4.99 Å². The summed E-state index contributed by atoms with van der Waals surface area (Å²) in [5.74, 6) is 1.62. The Morgan fingerprint density at radius 1 is 1.15 bits per heavy atom. The normalized spacial score (nSPS) is 18.4. The fraction of sp³-hybridized carbons (Fsp3) is 0.308. The summed E-state index contributed by atoms with van der Waals surface area (Å²) in [4.78, 5) is 9.19. The van der Waals surface area contributed by atoms with Gasteiger partial charge in [-0.05, 0) is 73.7 Å². The van der Waals surface area contributed by atoms with E-state index in [4.69, 9.17) is 9.73 Å².